The predicted octanol–water partition coefficient (Wildman–Crippen LogP) is 13.5. The summed E-state index contributed by atoms with van der Waals surface area (Å²) in [4.78, 5) is 7.38. The molecule has 0 unspecified atom stereocenters. The molecule has 9 rings (SSSR count). The lowest BCUT2D eigenvalue weighted by molar-refractivity contribution is 1.18. The van der Waals surface area contributed by atoms with Crippen molar-refractivity contribution in [3.63, 3.8) is 0 Å². The number of nitrogens with zero attached hydrogens (tertiary/aromatic N) is 2. The minimum atomic E-state index is 0.869. The third kappa shape index (κ3) is 5.73. The fourth-order valence-corrected chi connectivity index (χ4v) is 7.32. The molecule has 0 saturated heterocycles. The van der Waals surface area contributed by atoms with E-state index in [9.17, 15) is 0 Å². The average molecular weight is 651 g/mol. The molecular weight excluding hydrogens is 617 g/mol. The normalized spacial score (nSPS) is 11.1. The van der Waals surface area contributed by atoms with Crippen LogP contribution in [0.1, 0.15) is 0 Å². The van der Waals surface area contributed by atoms with Crippen molar-refractivity contribution in [1.82, 2.24) is 4.98 Å². The molecule has 0 N–H and O–H groups in total. The fourth-order valence-electron chi connectivity index (χ4n) is 7.32. The Morgan fingerprint density at radius 2 is 0.745 bits per heavy atom. The topological polar surface area (TPSA) is 16.1 Å². The predicted molar refractivity (Wildman–Crippen MR) is 216 cm³/mol. The van der Waals surface area contributed by atoms with Gasteiger partial charge in [0.05, 0.1) is 5.69 Å². The average Bonchev–Trinajstić information content (AvgIpc) is 3.21. The number of aromatic nitrogens is 1. The molecule has 2 nitrogen and oxygen atoms in total. The molecule has 240 valence electrons. The summed E-state index contributed by atoms with van der Waals surface area (Å²) < 4.78 is 0. The maximum Gasteiger partial charge on any atom is 0.138 e. The van der Waals surface area contributed by atoms with E-state index in [0.717, 1.165) is 28.5 Å². The molecular formula is C49H34N2. The van der Waals surface area contributed by atoms with Crippen LogP contribution in [0.3, 0.4) is 0 Å². The molecule has 1 heterocycles. The highest BCUT2D eigenvalue weighted by Gasteiger charge is 2.19. The first-order valence-electron chi connectivity index (χ1n) is 17.4. The van der Waals surface area contributed by atoms with Crippen LogP contribution in [0.4, 0.5) is 17.2 Å². The number of fused-ring (bicyclic) bond motifs is 2. The summed E-state index contributed by atoms with van der Waals surface area (Å²) >= 11 is 0. The Morgan fingerprint density at radius 3 is 1.35 bits per heavy atom. The molecule has 0 bridgehead atoms. The maximum atomic E-state index is 5.15. The van der Waals surface area contributed by atoms with Gasteiger partial charge in [-0.1, -0.05) is 164 Å². The van der Waals surface area contributed by atoms with Gasteiger partial charge >= 0.3 is 0 Å². The SMILES string of the molecule is c1ccc(-c2cccc(-c3c4ccccc4c(-c4ccc(N(c5ccccc5)c5cccc(-c6ccccc6)n5)cc4)c4ccccc34)c2)cc1. The van der Waals surface area contributed by atoms with Crippen LogP contribution < -0.4 is 4.90 Å². The second kappa shape index (κ2) is 13.3. The van der Waals surface area contributed by atoms with Gasteiger partial charge < -0.3 is 0 Å². The van der Waals surface area contributed by atoms with Crippen molar-refractivity contribution in [2.45, 2.75) is 0 Å². The zero-order valence-corrected chi connectivity index (χ0v) is 28.0. The van der Waals surface area contributed by atoms with Gasteiger partial charge in [-0.15, -0.1) is 0 Å². The lowest BCUT2D eigenvalue weighted by atomic mass is 9.85. The number of benzene rings is 8. The molecule has 0 saturated carbocycles. The molecule has 0 amide bonds. The molecule has 0 aliphatic rings. The van der Waals surface area contributed by atoms with Crippen molar-refractivity contribution in [2.24, 2.45) is 0 Å². The van der Waals surface area contributed by atoms with Crippen LogP contribution >= 0.6 is 0 Å². The number of para-hydroxylation sites is 1. The molecule has 9 aromatic rings. The van der Waals surface area contributed by atoms with E-state index in [1.54, 1.807) is 0 Å². The van der Waals surface area contributed by atoms with Crippen molar-refractivity contribution >= 4 is 38.7 Å². The van der Waals surface area contributed by atoms with E-state index in [1.165, 1.54) is 54.9 Å². The summed E-state index contributed by atoms with van der Waals surface area (Å²) in [6, 6.07) is 73.3. The summed E-state index contributed by atoms with van der Waals surface area (Å²) in [7, 11) is 0. The second-order valence-corrected chi connectivity index (χ2v) is 12.8. The number of hydrogen-bond donors (Lipinski definition) is 0. The van der Waals surface area contributed by atoms with Crippen LogP contribution in [-0.4, -0.2) is 4.98 Å². The number of rotatable bonds is 7. The molecule has 51 heavy (non-hydrogen) atoms. The second-order valence-electron chi connectivity index (χ2n) is 12.8. The van der Waals surface area contributed by atoms with Gasteiger partial charge in [-0.05, 0) is 97.4 Å². The summed E-state index contributed by atoms with van der Waals surface area (Å²) in [5.41, 5.74) is 11.5. The van der Waals surface area contributed by atoms with E-state index < -0.39 is 0 Å². The van der Waals surface area contributed by atoms with Gasteiger partial charge in [0.1, 0.15) is 5.82 Å². The zero-order valence-electron chi connectivity index (χ0n) is 28.0. The Bertz CT molecular complexity index is 2560. The molecule has 0 radical (unpaired) electrons. The minimum absolute atomic E-state index is 0.869. The maximum absolute atomic E-state index is 5.15. The molecule has 0 aliphatic heterocycles. The Hall–Kier alpha value is -6.77. The number of hydrogen-bond acceptors (Lipinski definition) is 2. The summed E-state index contributed by atoms with van der Waals surface area (Å²) in [5.74, 6) is 0.869. The monoisotopic (exact) mass is 650 g/mol. The summed E-state index contributed by atoms with van der Waals surface area (Å²) in [6.45, 7) is 0. The van der Waals surface area contributed by atoms with Crippen molar-refractivity contribution in [2.75, 3.05) is 4.90 Å². The van der Waals surface area contributed by atoms with Gasteiger partial charge in [-0.2, -0.15) is 0 Å². The van der Waals surface area contributed by atoms with E-state index >= 15 is 0 Å². The van der Waals surface area contributed by atoms with Gasteiger partial charge in [0.2, 0.25) is 0 Å². The highest BCUT2D eigenvalue weighted by atomic mass is 15.2. The minimum Gasteiger partial charge on any atom is -0.295 e. The standard InChI is InChI=1S/C49H34N2/c1-4-16-35(17-5-1)38-20-14-21-39(34-38)49-44-26-12-10-24-42(44)48(43-25-11-13-27-45(43)49)37-30-32-41(33-31-37)51(40-22-8-3-9-23-40)47-29-15-28-46(50-47)36-18-6-2-7-19-36/h1-34H. The third-order valence-corrected chi connectivity index (χ3v) is 9.65. The molecule has 2 heteroatoms. The molecule has 0 spiro atoms. The van der Waals surface area contributed by atoms with Crippen LogP contribution in [-0.2, 0) is 0 Å². The first kappa shape index (κ1) is 30.3. The van der Waals surface area contributed by atoms with E-state index in [2.05, 4.69) is 205 Å². The van der Waals surface area contributed by atoms with E-state index in [0.29, 0.717) is 0 Å². The molecule has 0 fully saturated rings. The molecule has 0 atom stereocenters. The smallest absolute Gasteiger partial charge is 0.138 e. The van der Waals surface area contributed by atoms with Crippen LogP contribution in [0.2, 0.25) is 0 Å². The van der Waals surface area contributed by atoms with E-state index in [4.69, 9.17) is 4.98 Å². The lowest BCUT2D eigenvalue weighted by Crippen LogP contribution is -2.11. The molecule has 0 aliphatic carbocycles. The van der Waals surface area contributed by atoms with Crippen LogP contribution in [0.5, 0.6) is 0 Å². The van der Waals surface area contributed by atoms with Gasteiger partial charge in [0, 0.05) is 16.9 Å². The van der Waals surface area contributed by atoms with Gasteiger partial charge in [-0.25, -0.2) is 4.98 Å². The van der Waals surface area contributed by atoms with Crippen molar-refractivity contribution in [3.8, 4) is 44.6 Å². The van der Waals surface area contributed by atoms with Crippen molar-refractivity contribution < 1.29 is 0 Å². The quantitative estimate of drug-likeness (QED) is 0.160. The third-order valence-electron chi connectivity index (χ3n) is 9.65. The first-order valence-corrected chi connectivity index (χ1v) is 17.4. The van der Waals surface area contributed by atoms with Gasteiger partial charge in [0.15, 0.2) is 0 Å². The van der Waals surface area contributed by atoms with E-state index in [1.807, 2.05) is 6.07 Å². The first-order chi connectivity index (χ1) is 25.3. The van der Waals surface area contributed by atoms with E-state index in [-0.39, 0.29) is 0 Å². The lowest BCUT2D eigenvalue weighted by Gasteiger charge is -2.25. The van der Waals surface area contributed by atoms with Crippen LogP contribution in [0.25, 0.3) is 66.2 Å². The Kier molecular flexibility index (Phi) is 7.88. The summed E-state index contributed by atoms with van der Waals surface area (Å²) in [6.07, 6.45) is 0. The largest absolute Gasteiger partial charge is 0.295 e. The number of anilines is 3. The molecule has 1 aromatic heterocycles. The Morgan fingerprint density at radius 1 is 0.294 bits per heavy atom. The Labute approximate surface area is 298 Å². The van der Waals surface area contributed by atoms with Gasteiger partial charge in [0.25, 0.3) is 0 Å². The van der Waals surface area contributed by atoms with Crippen LogP contribution in [0.15, 0.2) is 206 Å². The van der Waals surface area contributed by atoms with Crippen LogP contribution in [0, 0.1) is 0 Å². The molecule has 8 aromatic carbocycles. The number of pyridine rings is 1. The van der Waals surface area contributed by atoms with Crippen molar-refractivity contribution in [3.05, 3.63) is 206 Å². The zero-order chi connectivity index (χ0) is 34.0. The Balaban J connectivity index is 1.19. The highest BCUT2D eigenvalue weighted by molar-refractivity contribution is 6.21. The van der Waals surface area contributed by atoms with Crippen molar-refractivity contribution in [1.29, 1.82) is 0 Å². The summed E-state index contributed by atoms with van der Waals surface area (Å²) in [5, 5.41) is 4.96. The fraction of sp³-hybridized carbons (Fsp3) is 0. The highest BCUT2D eigenvalue weighted by Crippen LogP contribution is 2.45. The van der Waals surface area contributed by atoms with Gasteiger partial charge in [-0.3, -0.25) is 4.90 Å².